The summed E-state index contributed by atoms with van der Waals surface area (Å²) < 4.78 is 25.8. The molecule has 0 aliphatic carbocycles. The topological polar surface area (TPSA) is 94.6 Å². The lowest BCUT2D eigenvalue weighted by atomic mass is 9.83. The number of para-hydroxylation sites is 8. The molecule has 0 spiro atoms. The summed E-state index contributed by atoms with van der Waals surface area (Å²) in [6.45, 7) is 4.38. The normalized spacial score (nSPS) is 15.6. The predicted molar refractivity (Wildman–Crippen MR) is 229 cm³/mol. The highest BCUT2D eigenvalue weighted by atomic mass is 16.5. The number of hydrogen-bond acceptors (Lipinski definition) is 8. The van der Waals surface area contributed by atoms with E-state index in [4.69, 9.17) is 28.3 Å². The number of aromatic nitrogens is 2. The molecule has 0 bridgehead atoms. The van der Waals surface area contributed by atoms with Crippen LogP contribution < -0.4 is 20.1 Å². The maximum atomic E-state index is 6.63. The molecule has 278 valence electrons. The first-order valence-electron chi connectivity index (χ1n) is 19.4. The molecule has 58 heavy (non-hydrogen) atoms. The summed E-state index contributed by atoms with van der Waals surface area (Å²) in [6, 6.07) is 49.4. The molecule has 0 saturated heterocycles. The SMILES string of the molecule is Cc1c(-c2nc3ccccc3o2)cc2cc(-c3nc4ccccc4o3)ccc2c1-c1c(C)c(C2Nc3ccccc3O2)cc2cc(C3Nc4ccccc4O3)ccc12. The van der Waals surface area contributed by atoms with E-state index in [1.807, 2.05) is 91.0 Å². The van der Waals surface area contributed by atoms with Crippen molar-refractivity contribution < 1.29 is 18.3 Å². The van der Waals surface area contributed by atoms with Crippen molar-refractivity contribution in [2.45, 2.75) is 26.3 Å². The van der Waals surface area contributed by atoms with Gasteiger partial charge in [0.25, 0.3) is 0 Å². The zero-order valence-electron chi connectivity index (χ0n) is 31.5. The van der Waals surface area contributed by atoms with Crippen LogP contribution in [0.3, 0.4) is 0 Å². The zero-order valence-corrected chi connectivity index (χ0v) is 31.5. The highest BCUT2D eigenvalue weighted by molar-refractivity contribution is 6.11. The smallest absolute Gasteiger partial charge is 0.227 e. The molecule has 10 aromatic rings. The van der Waals surface area contributed by atoms with Crippen LogP contribution >= 0.6 is 0 Å². The summed E-state index contributed by atoms with van der Waals surface area (Å²) in [5.41, 5.74) is 13.3. The lowest BCUT2D eigenvalue weighted by molar-refractivity contribution is 0.259. The summed E-state index contributed by atoms with van der Waals surface area (Å²) in [5.74, 6) is 2.80. The number of nitrogens with one attached hydrogen (secondary N) is 2. The molecule has 2 aromatic heterocycles. The van der Waals surface area contributed by atoms with E-state index < -0.39 is 6.23 Å². The molecule has 0 saturated carbocycles. The van der Waals surface area contributed by atoms with Gasteiger partial charge in [-0.3, -0.25) is 0 Å². The van der Waals surface area contributed by atoms with Gasteiger partial charge in [-0.15, -0.1) is 0 Å². The molecule has 0 amide bonds. The fourth-order valence-corrected chi connectivity index (χ4v) is 8.74. The van der Waals surface area contributed by atoms with Gasteiger partial charge in [0.1, 0.15) is 22.5 Å². The maximum Gasteiger partial charge on any atom is 0.227 e. The largest absolute Gasteiger partial charge is 0.464 e. The predicted octanol–water partition coefficient (Wildman–Crippen LogP) is 12.9. The zero-order chi connectivity index (χ0) is 38.5. The highest BCUT2D eigenvalue weighted by Gasteiger charge is 2.30. The van der Waals surface area contributed by atoms with Crippen LogP contribution in [-0.4, -0.2) is 9.97 Å². The lowest BCUT2D eigenvalue weighted by Crippen LogP contribution is -2.13. The summed E-state index contributed by atoms with van der Waals surface area (Å²) in [4.78, 5) is 9.85. The van der Waals surface area contributed by atoms with Crippen molar-refractivity contribution in [3.05, 3.63) is 168 Å². The van der Waals surface area contributed by atoms with Gasteiger partial charge >= 0.3 is 0 Å². The minimum absolute atomic E-state index is 0.324. The van der Waals surface area contributed by atoms with Crippen molar-refractivity contribution in [1.82, 2.24) is 9.97 Å². The maximum absolute atomic E-state index is 6.63. The molecule has 2 aliphatic heterocycles. The molecule has 0 radical (unpaired) electrons. The summed E-state index contributed by atoms with van der Waals surface area (Å²) in [6.07, 6.45) is -0.720. The number of hydrogen-bond donors (Lipinski definition) is 2. The third kappa shape index (κ3) is 5.08. The van der Waals surface area contributed by atoms with E-state index in [1.165, 1.54) is 0 Å². The Labute approximate surface area is 332 Å². The van der Waals surface area contributed by atoms with E-state index in [1.54, 1.807) is 0 Å². The number of nitrogens with zero attached hydrogens (tertiary/aromatic N) is 2. The van der Waals surface area contributed by atoms with Gasteiger partial charge in [-0.2, -0.15) is 0 Å². The second-order valence-corrected chi connectivity index (χ2v) is 15.1. The van der Waals surface area contributed by atoms with Crippen molar-refractivity contribution >= 4 is 55.1 Å². The fraction of sp³-hybridized carbons (Fsp3) is 0.0800. The minimum atomic E-state index is -0.396. The number of oxazole rings is 2. The Morgan fingerprint density at radius 2 is 1.07 bits per heavy atom. The van der Waals surface area contributed by atoms with E-state index >= 15 is 0 Å². The first-order chi connectivity index (χ1) is 28.5. The number of anilines is 2. The Kier molecular flexibility index (Phi) is 7.01. The summed E-state index contributed by atoms with van der Waals surface area (Å²) >= 11 is 0. The second kappa shape index (κ2) is 12.5. The van der Waals surface area contributed by atoms with Crippen LogP contribution in [0, 0.1) is 13.8 Å². The van der Waals surface area contributed by atoms with Crippen LogP contribution in [0.1, 0.15) is 34.7 Å². The molecule has 8 aromatic carbocycles. The number of benzene rings is 8. The lowest BCUT2D eigenvalue weighted by Gasteiger charge is -2.23. The Morgan fingerprint density at radius 3 is 1.78 bits per heavy atom. The van der Waals surface area contributed by atoms with Crippen LogP contribution in [0.4, 0.5) is 11.4 Å². The van der Waals surface area contributed by atoms with Crippen molar-refractivity contribution in [2.24, 2.45) is 0 Å². The molecule has 12 rings (SSSR count). The number of fused-ring (bicyclic) bond motifs is 6. The third-order valence-corrected chi connectivity index (χ3v) is 11.6. The van der Waals surface area contributed by atoms with E-state index in [9.17, 15) is 0 Å². The second-order valence-electron chi connectivity index (χ2n) is 15.1. The van der Waals surface area contributed by atoms with Gasteiger partial charge in [0, 0.05) is 22.3 Å². The Hall–Kier alpha value is -7.58. The number of ether oxygens (including phenoxy) is 2. The van der Waals surface area contributed by atoms with E-state index in [-0.39, 0.29) is 6.23 Å². The van der Waals surface area contributed by atoms with Crippen molar-refractivity contribution in [3.8, 4) is 45.5 Å². The van der Waals surface area contributed by atoms with E-state index in [2.05, 4.69) is 79.1 Å². The van der Waals surface area contributed by atoms with Gasteiger partial charge in [-0.25, -0.2) is 9.97 Å². The van der Waals surface area contributed by atoms with Crippen LogP contribution in [0.25, 0.3) is 77.8 Å². The van der Waals surface area contributed by atoms with Crippen LogP contribution in [0.5, 0.6) is 11.5 Å². The molecule has 2 aliphatic rings. The van der Waals surface area contributed by atoms with Crippen LogP contribution in [0.15, 0.2) is 154 Å². The minimum Gasteiger partial charge on any atom is -0.464 e. The fourth-order valence-electron chi connectivity index (χ4n) is 8.74. The van der Waals surface area contributed by atoms with E-state index in [0.717, 1.165) is 111 Å². The summed E-state index contributed by atoms with van der Waals surface area (Å²) in [7, 11) is 0. The van der Waals surface area contributed by atoms with Gasteiger partial charge in [-0.05, 0) is 137 Å². The molecule has 2 atom stereocenters. The molecule has 8 heteroatoms. The number of rotatable bonds is 5. The van der Waals surface area contributed by atoms with Gasteiger partial charge in [0.15, 0.2) is 23.6 Å². The average Bonchev–Trinajstić information content (AvgIpc) is 4.07. The molecule has 4 heterocycles. The molecular weight excluding hydrogens is 721 g/mol. The Bertz CT molecular complexity index is 3190. The molecule has 2 N–H and O–H groups in total. The van der Waals surface area contributed by atoms with E-state index in [0.29, 0.717) is 11.8 Å². The highest BCUT2D eigenvalue weighted by Crippen LogP contribution is 2.48. The molecular formula is C50H34N4O4. The standard InChI is InChI=1S/C50H34N4O4/c1-27-35(49-53-39-13-5-9-17-43(39)57-49)25-31-23-29(47-51-37-11-3-7-15-41(37)55-47)19-21-33(31)45(27)46-28(2)36(50-54-40-14-6-10-18-44(40)58-50)26-32-24-30(20-22-34(32)46)48-52-38-12-4-8-16-42(38)56-48/h3-26,47,49,51,53H,1-2H3. The van der Waals surface area contributed by atoms with Gasteiger partial charge in [0.05, 0.1) is 11.4 Å². The first kappa shape index (κ1) is 32.6. The van der Waals surface area contributed by atoms with Crippen molar-refractivity contribution in [1.29, 1.82) is 0 Å². The third-order valence-electron chi connectivity index (χ3n) is 11.6. The van der Waals surface area contributed by atoms with Gasteiger partial charge < -0.3 is 28.9 Å². The molecule has 0 fully saturated rings. The molecule has 2 unspecified atom stereocenters. The molecule has 8 nitrogen and oxygen atoms in total. The van der Waals surface area contributed by atoms with Gasteiger partial charge in [-0.1, -0.05) is 66.7 Å². The Balaban J connectivity index is 1.11. The van der Waals surface area contributed by atoms with Crippen LogP contribution in [-0.2, 0) is 0 Å². The summed E-state index contributed by atoms with van der Waals surface area (Å²) in [5, 5.41) is 11.5. The average molecular weight is 755 g/mol. The van der Waals surface area contributed by atoms with Crippen LogP contribution in [0.2, 0.25) is 0 Å². The van der Waals surface area contributed by atoms with Gasteiger partial charge in [0.2, 0.25) is 11.8 Å². The quantitative estimate of drug-likeness (QED) is 0.179. The Morgan fingerprint density at radius 1 is 0.500 bits per heavy atom. The monoisotopic (exact) mass is 754 g/mol. The van der Waals surface area contributed by atoms with Crippen molar-refractivity contribution in [3.63, 3.8) is 0 Å². The van der Waals surface area contributed by atoms with Crippen molar-refractivity contribution in [2.75, 3.05) is 10.6 Å². The first-order valence-corrected chi connectivity index (χ1v) is 19.4.